The topological polar surface area (TPSA) is 50.3 Å². The molecule has 0 radical (unpaired) electrons. The molecule has 1 fully saturated rings. The fourth-order valence-corrected chi connectivity index (χ4v) is 2.53. The Balaban J connectivity index is 0.00000192. The molecule has 23 heavy (non-hydrogen) atoms. The van der Waals surface area contributed by atoms with Gasteiger partial charge < -0.3 is 10.1 Å². The average molecular weight is 335 g/mol. The molecule has 1 aromatic carbocycles. The molecule has 0 saturated carbocycles. The molecule has 124 valence electrons. The van der Waals surface area contributed by atoms with Gasteiger partial charge in [0.2, 0.25) is 0 Å². The van der Waals surface area contributed by atoms with Gasteiger partial charge in [0.15, 0.2) is 0 Å². The number of rotatable bonds is 6. The lowest BCUT2D eigenvalue weighted by molar-refractivity contribution is 0.0378. The number of aromatic nitrogens is 2. The minimum Gasteiger partial charge on any atom is -0.379 e. The normalized spacial score (nSPS) is 15.0. The summed E-state index contributed by atoms with van der Waals surface area (Å²) < 4.78 is 5.35. The lowest BCUT2D eigenvalue weighted by atomic mass is 10.1. The van der Waals surface area contributed by atoms with E-state index >= 15 is 0 Å². The van der Waals surface area contributed by atoms with Gasteiger partial charge in [0, 0.05) is 25.2 Å². The van der Waals surface area contributed by atoms with Crippen molar-refractivity contribution in [3.63, 3.8) is 0 Å². The Bertz CT molecular complexity index is 559. The molecule has 1 aromatic heterocycles. The predicted molar refractivity (Wildman–Crippen MR) is 95.1 cm³/mol. The summed E-state index contributed by atoms with van der Waals surface area (Å²) in [6, 6.07) is 14.1. The first kappa shape index (κ1) is 17.7. The van der Waals surface area contributed by atoms with Gasteiger partial charge in [-0.2, -0.15) is 0 Å². The zero-order valence-corrected chi connectivity index (χ0v) is 14.0. The summed E-state index contributed by atoms with van der Waals surface area (Å²) in [6.07, 6.45) is 1.10. The van der Waals surface area contributed by atoms with Crippen LogP contribution in [0, 0.1) is 0 Å². The molecule has 1 aliphatic rings. The van der Waals surface area contributed by atoms with Crippen molar-refractivity contribution in [2.75, 3.05) is 44.7 Å². The lowest BCUT2D eigenvalue weighted by Gasteiger charge is -2.26. The molecule has 0 amide bonds. The Kier molecular flexibility index (Phi) is 7.26. The SMILES string of the molecule is Cl.c1ccc(-c2ccc(NCCCN3CCOCC3)nn2)cc1. The average Bonchev–Trinajstić information content (AvgIpc) is 2.61. The quantitative estimate of drug-likeness (QED) is 0.823. The third kappa shape index (κ3) is 5.46. The monoisotopic (exact) mass is 334 g/mol. The number of hydrogen-bond acceptors (Lipinski definition) is 5. The van der Waals surface area contributed by atoms with Crippen LogP contribution in [0.4, 0.5) is 5.82 Å². The van der Waals surface area contributed by atoms with E-state index in [0.29, 0.717) is 0 Å². The van der Waals surface area contributed by atoms with Crippen LogP contribution < -0.4 is 5.32 Å². The molecule has 5 nitrogen and oxygen atoms in total. The van der Waals surface area contributed by atoms with Gasteiger partial charge >= 0.3 is 0 Å². The second-order valence-electron chi connectivity index (χ2n) is 5.40. The van der Waals surface area contributed by atoms with Crippen LogP contribution in [0.2, 0.25) is 0 Å². The van der Waals surface area contributed by atoms with Crippen LogP contribution in [-0.2, 0) is 4.74 Å². The van der Waals surface area contributed by atoms with E-state index in [2.05, 4.69) is 20.4 Å². The van der Waals surface area contributed by atoms with Crippen molar-refractivity contribution in [3.05, 3.63) is 42.5 Å². The number of hydrogen-bond donors (Lipinski definition) is 1. The number of halogens is 1. The number of morpholine rings is 1. The first-order valence-electron chi connectivity index (χ1n) is 7.85. The van der Waals surface area contributed by atoms with Crippen LogP contribution in [0.3, 0.4) is 0 Å². The lowest BCUT2D eigenvalue weighted by Crippen LogP contribution is -2.37. The molecule has 0 unspecified atom stereocenters. The second kappa shape index (κ2) is 9.45. The maximum atomic E-state index is 5.35. The summed E-state index contributed by atoms with van der Waals surface area (Å²) >= 11 is 0. The number of benzene rings is 1. The van der Waals surface area contributed by atoms with E-state index < -0.39 is 0 Å². The van der Waals surface area contributed by atoms with Crippen LogP contribution in [0.1, 0.15) is 6.42 Å². The number of nitrogens with one attached hydrogen (secondary N) is 1. The molecule has 0 aliphatic carbocycles. The predicted octanol–water partition coefficient (Wildman–Crippen LogP) is 2.70. The molecule has 6 heteroatoms. The van der Waals surface area contributed by atoms with Crippen molar-refractivity contribution in [3.8, 4) is 11.3 Å². The zero-order chi connectivity index (χ0) is 15.0. The minimum absolute atomic E-state index is 0. The van der Waals surface area contributed by atoms with Crippen molar-refractivity contribution < 1.29 is 4.74 Å². The van der Waals surface area contributed by atoms with Crippen molar-refractivity contribution >= 4 is 18.2 Å². The number of anilines is 1. The Morgan fingerprint density at radius 1 is 1.00 bits per heavy atom. The third-order valence-corrected chi connectivity index (χ3v) is 3.80. The first-order valence-corrected chi connectivity index (χ1v) is 7.85. The first-order chi connectivity index (χ1) is 10.9. The fraction of sp³-hybridized carbons (Fsp3) is 0.412. The van der Waals surface area contributed by atoms with E-state index in [9.17, 15) is 0 Å². The van der Waals surface area contributed by atoms with E-state index in [-0.39, 0.29) is 12.4 Å². The molecule has 2 aromatic rings. The van der Waals surface area contributed by atoms with Crippen molar-refractivity contribution in [1.29, 1.82) is 0 Å². The summed E-state index contributed by atoms with van der Waals surface area (Å²) in [5, 5.41) is 11.9. The van der Waals surface area contributed by atoms with Gasteiger partial charge in [-0.15, -0.1) is 22.6 Å². The Morgan fingerprint density at radius 2 is 1.78 bits per heavy atom. The van der Waals surface area contributed by atoms with Crippen molar-refractivity contribution in [1.82, 2.24) is 15.1 Å². The van der Waals surface area contributed by atoms with Crippen LogP contribution in [0.5, 0.6) is 0 Å². The van der Waals surface area contributed by atoms with Crippen LogP contribution >= 0.6 is 12.4 Å². The van der Waals surface area contributed by atoms with Gasteiger partial charge in [-0.25, -0.2) is 0 Å². The van der Waals surface area contributed by atoms with Crippen molar-refractivity contribution in [2.24, 2.45) is 0 Å². The smallest absolute Gasteiger partial charge is 0.148 e. The van der Waals surface area contributed by atoms with E-state index in [1.807, 2.05) is 42.5 Å². The Labute approximate surface area is 143 Å². The van der Waals surface area contributed by atoms with Gasteiger partial charge in [-0.05, 0) is 25.1 Å². The molecular formula is C17H23ClN4O. The van der Waals surface area contributed by atoms with E-state index in [1.165, 1.54) is 0 Å². The molecule has 0 bridgehead atoms. The van der Waals surface area contributed by atoms with Gasteiger partial charge in [-0.1, -0.05) is 30.3 Å². The molecule has 3 rings (SSSR count). The second-order valence-corrected chi connectivity index (χ2v) is 5.40. The van der Waals surface area contributed by atoms with Gasteiger partial charge in [0.05, 0.1) is 18.9 Å². The van der Waals surface area contributed by atoms with Gasteiger partial charge in [0.1, 0.15) is 5.82 Å². The van der Waals surface area contributed by atoms with Crippen LogP contribution in [0.15, 0.2) is 42.5 Å². The largest absolute Gasteiger partial charge is 0.379 e. The highest BCUT2D eigenvalue weighted by atomic mass is 35.5. The zero-order valence-electron chi connectivity index (χ0n) is 13.1. The number of nitrogens with zero attached hydrogens (tertiary/aromatic N) is 3. The summed E-state index contributed by atoms with van der Waals surface area (Å²) in [5.41, 5.74) is 1.99. The Morgan fingerprint density at radius 3 is 2.48 bits per heavy atom. The summed E-state index contributed by atoms with van der Waals surface area (Å²) in [7, 11) is 0. The van der Waals surface area contributed by atoms with Gasteiger partial charge in [-0.3, -0.25) is 4.90 Å². The highest BCUT2D eigenvalue weighted by Gasteiger charge is 2.09. The molecule has 0 atom stereocenters. The van der Waals surface area contributed by atoms with Crippen LogP contribution in [-0.4, -0.2) is 54.5 Å². The summed E-state index contributed by atoms with van der Waals surface area (Å²) in [6.45, 7) is 5.83. The highest BCUT2D eigenvalue weighted by Crippen LogP contribution is 2.16. The van der Waals surface area contributed by atoms with Gasteiger partial charge in [0.25, 0.3) is 0 Å². The molecule has 1 N–H and O–H groups in total. The van der Waals surface area contributed by atoms with E-state index in [4.69, 9.17) is 4.74 Å². The Hall–Kier alpha value is -1.69. The molecule has 1 aliphatic heterocycles. The standard InChI is InChI=1S/C17H22N4O.ClH/c1-2-5-15(6-3-1)16-7-8-17(20-19-16)18-9-4-10-21-11-13-22-14-12-21;/h1-3,5-8H,4,9-14H2,(H,18,20);1H. The molecule has 1 saturated heterocycles. The van der Waals surface area contributed by atoms with Crippen LogP contribution in [0.25, 0.3) is 11.3 Å². The summed E-state index contributed by atoms with van der Waals surface area (Å²) in [5.74, 6) is 0.835. The third-order valence-electron chi connectivity index (χ3n) is 3.80. The summed E-state index contributed by atoms with van der Waals surface area (Å²) in [4.78, 5) is 2.44. The van der Waals surface area contributed by atoms with Crippen molar-refractivity contribution in [2.45, 2.75) is 6.42 Å². The fourth-order valence-electron chi connectivity index (χ4n) is 2.53. The molecule has 0 spiro atoms. The van der Waals surface area contributed by atoms with E-state index in [1.54, 1.807) is 0 Å². The molecular weight excluding hydrogens is 312 g/mol. The minimum atomic E-state index is 0. The maximum absolute atomic E-state index is 5.35. The maximum Gasteiger partial charge on any atom is 0.148 e. The number of ether oxygens (including phenoxy) is 1. The van der Waals surface area contributed by atoms with E-state index in [0.717, 1.165) is 62.9 Å². The highest BCUT2D eigenvalue weighted by molar-refractivity contribution is 5.85. The molecule has 2 heterocycles.